The zero-order chi connectivity index (χ0) is 20.1. The first-order valence-corrected chi connectivity index (χ1v) is 10.9. The van der Waals surface area contributed by atoms with Crippen molar-refractivity contribution in [3.05, 3.63) is 70.6 Å². The highest BCUT2D eigenvalue weighted by molar-refractivity contribution is 7.14. The van der Waals surface area contributed by atoms with E-state index >= 15 is 0 Å². The lowest BCUT2D eigenvalue weighted by Crippen LogP contribution is -2.48. The fourth-order valence-electron chi connectivity index (χ4n) is 3.41. The average Bonchev–Trinajstić information content (AvgIpc) is 3.20. The van der Waals surface area contributed by atoms with Crippen molar-refractivity contribution in [1.82, 2.24) is 14.8 Å². The number of carbonyl (C=O) groups excluding carboxylic acids is 1. The zero-order valence-electron chi connectivity index (χ0n) is 16.1. The van der Waals surface area contributed by atoms with Crippen molar-refractivity contribution in [3.8, 4) is 11.3 Å². The molecule has 0 radical (unpaired) electrons. The molecule has 1 fully saturated rings. The molecule has 0 atom stereocenters. The van der Waals surface area contributed by atoms with Crippen LogP contribution >= 0.6 is 22.9 Å². The van der Waals surface area contributed by atoms with Gasteiger partial charge in [-0.1, -0.05) is 60.1 Å². The third-order valence-corrected chi connectivity index (χ3v) is 6.13. The van der Waals surface area contributed by atoms with Crippen molar-refractivity contribution in [2.24, 2.45) is 0 Å². The summed E-state index contributed by atoms with van der Waals surface area (Å²) < 4.78 is 0. The molecular formula is C22H23ClN4OS. The van der Waals surface area contributed by atoms with Crippen LogP contribution in [0.5, 0.6) is 0 Å². The molecular weight excluding hydrogens is 404 g/mol. The molecule has 29 heavy (non-hydrogen) atoms. The largest absolute Gasteiger partial charge is 0.301 e. The fraction of sp³-hybridized carbons (Fsp3) is 0.273. The molecule has 4 rings (SSSR count). The lowest BCUT2D eigenvalue weighted by Gasteiger charge is -2.34. The minimum atomic E-state index is -0.0153. The Hall–Kier alpha value is -2.25. The van der Waals surface area contributed by atoms with Crippen LogP contribution < -0.4 is 5.32 Å². The number of thiazole rings is 1. The van der Waals surface area contributed by atoms with Gasteiger partial charge >= 0.3 is 0 Å². The maximum atomic E-state index is 12.4. The van der Waals surface area contributed by atoms with Gasteiger partial charge in [-0.25, -0.2) is 4.98 Å². The number of rotatable bonds is 6. The van der Waals surface area contributed by atoms with E-state index in [4.69, 9.17) is 11.6 Å². The molecule has 1 aliphatic heterocycles. The molecule has 5 nitrogen and oxygen atoms in total. The van der Waals surface area contributed by atoms with Crippen LogP contribution in [0, 0.1) is 0 Å². The van der Waals surface area contributed by atoms with Gasteiger partial charge in [0.1, 0.15) is 0 Å². The molecule has 1 N–H and O–H groups in total. The predicted octanol–water partition coefficient (Wildman–Crippen LogP) is 4.22. The van der Waals surface area contributed by atoms with Crippen LogP contribution in [0.2, 0.25) is 5.02 Å². The van der Waals surface area contributed by atoms with E-state index in [1.807, 2.05) is 53.9 Å². The second kappa shape index (κ2) is 9.50. The van der Waals surface area contributed by atoms with Crippen LogP contribution in [0.1, 0.15) is 5.56 Å². The first kappa shape index (κ1) is 20.0. The number of nitrogens with one attached hydrogen (secondary N) is 1. The molecule has 1 aliphatic rings. The summed E-state index contributed by atoms with van der Waals surface area (Å²) in [6.07, 6.45) is 0. The van der Waals surface area contributed by atoms with E-state index in [0.29, 0.717) is 11.7 Å². The van der Waals surface area contributed by atoms with Crippen molar-refractivity contribution in [2.75, 3.05) is 38.0 Å². The Bertz CT molecular complexity index is 954. The van der Waals surface area contributed by atoms with Gasteiger partial charge in [-0.3, -0.25) is 14.6 Å². The van der Waals surface area contributed by atoms with Gasteiger partial charge in [-0.05, 0) is 11.6 Å². The molecule has 0 spiro atoms. The molecule has 0 saturated carbocycles. The average molecular weight is 427 g/mol. The summed E-state index contributed by atoms with van der Waals surface area (Å²) in [6, 6.07) is 17.9. The van der Waals surface area contributed by atoms with Gasteiger partial charge in [0.05, 0.1) is 12.2 Å². The van der Waals surface area contributed by atoms with Gasteiger partial charge in [0, 0.05) is 48.7 Å². The van der Waals surface area contributed by atoms with Gasteiger partial charge in [0.25, 0.3) is 0 Å². The number of halogens is 1. The van der Waals surface area contributed by atoms with Gasteiger partial charge < -0.3 is 5.32 Å². The van der Waals surface area contributed by atoms with E-state index in [1.54, 1.807) is 0 Å². The first-order valence-electron chi connectivity index (χ1n) is 9.66. The molecule has 0 bridgehead atoms. The van der Waals surface area contributed by atoms with Crippen LogP contribution in [0.4, 0.5) is 5.13 Å². The molecule has 2 aromatic carbocycles. The van der Waals surface area contributed by atoms with E-state index < -0.39 is 0 Å². The monoisotopic (exact) mass is 426 g/mol. The van der Waals surface area contributed by atoms with Crippen LogP contribution in [-0.4, -0.2) is 53.4 Å². The SMILES string of the molecule is O=C(CN1CCN(Cc2ccccc2Cl)CC1)Nc1nc(-c2ccccc2)cs1. The van der Waals surface area contributed by atoms with Crippen molar-refractivity contribution < 1.29 is 4.79 Å². The Kier molecular flexibility index (Phi) is 6.56. The van der Waals surface area contributed by atoms with Crippen LogP contribution in [-0.2, 0) is 11.3 Å². The van der Waals surface area contributed by atoms with E-state index in [0.717, 1.165) is 54.6 Å². The molecule has 3 aromatic rings. The maximum Gasteiger partial charge on any atom is 0.240 e. The summed E-state index contributed by atoms with van der Waals surface area (Å²) in [5.74, 6) is -0.0153. The third-order valence-electron chi connectivity index (χ3n) is 5.00. The van der Waals surface area contributed by atoms with Crippen LogP contribution in [0.3, 0.4) is 0 Å². The number of nitrogens with zero attached hydrogens (tertiary/aromatic N) is 3. The van der Waals surface area contributed by atoms with Gasteiger partial charge in [-0.2, -0.15) is 0 Å². The lowest BCUT2D eigenvalue weighted by molar-refractivity contribution is -0.117. The van der Waals surface area contributed by atoms with Crippen molar-refractivity contribution in [3.63, 3.8) is 0 Å². The Morgan fingerprint density at radius 1 is 1.00 bits per heavy atom. The smallest absolute Gasteiger partial charge is 0.240 e. The zero-order valence-corrected chi connectivity index (χ0v) is 17.6. The molecule has 2 heterocycles. The molecule has 7 heteroatoms. The third kappa shape index (κ3) is 5.42. The van der Waals surface area contributed by atoms with E-state index in [9.17, 15) is 4.79 Å². The number of hydrogen-bond acceptors (Lipinski definition) is 5. The number of hydrogen-bond donors (Lipinski definition) is 1. The summed E-state index contributed by atoms with van der Waals surface area (Å²) in [5, 5.41) is 6.36. The van der Waals surface area contributed by atoms with E-state index in [1.165, 1.54) is 11.3 Å². The standard InChI is InChI=1S/C22H23ClN4OS/c23-19-9-5-4-8-18(19)14-26-10-12-27(13-11-26)15-21(28)25-22-24-20(16-29-22)17-6-2-1-3-7-17/h1-9,16H,10-15H2,(H,24,25,28). The normalized spacial score (nSPS) is 15.3. The summed E-state index contributed by atoms with van der Waals surface area (Å²) >= 11 is 7.72. The Labute approximate surface area is 179 Å². The minimum absolute atomic E-state index is 0.0153. The minimum Gasteiger partial charge on any atom is -0.301 e. The molecule has 0 aliphatic carbocycles. The number of amides is 1. The molecule has 0 unspecified atom stereocenters. The summed E-state index contributed by atoms with van der Waals surface area (Å²) in [5.41, 5.74) is 3.09. The molecule has 1 aromatic heterocycles. The van der Waals surface area contributed by atoms with Gasteiger partial charge in [0.2, 0.25) is 5.91 Å². The second-order valence-electron chi connectivity index (χ2n) is 7.10. The van der Waals surface area contributed by atoms with Crippen molar-refractivity contribution >= 4 is 34.0 Å². The predicted molar refractivity (Wildman–Crippen MR) is 119 cm³/mol. The lowest BCUT2D eigenvalue weighted by atomic mass is 10.2. The highest BCUT2D eigenvalue weighted by Gasteiger charge is 2.20. The molecule has 150 valence electrons. The fourth-order valence-corrected chi connectivity index (χ4v) is 4.34. The first-order chi connectivity index (χ1) is 14.2. The van der Waals surface area contributed by atoms with Crippen molar-refractivity contribution in [1.29, 1.82) is 0 Å². The Morgan fingerprint density at radius 3 is 2.45 bits per heavy atom. The summed E-state index contributed by atoms with van der Waals surface area (Å²) in [7, 11) is 0. The van der Waals surface area contributed by atoms with Crippen molar-refractivity contribution in [2.45, 2.75) is 6.54 Å². The van der Waals surface area contributed by atoms with Crippen LogP contribution in [0.15, 0.2) is 60.0 Å². The number of carbonyl (C=O) groups is 1. The van der Waals surface area contributed by atoms with Gasteiger partial charge in [0.15, 0.2) is 5.13 Å². The Morgan fingerprint density at radius 2 is 1.69 bits per heavy atom. The second-order valence-corrected chi connectivity index (χ2v) is 8.36. The number of aromatic nitrogens is 1. The van der Waals surface area contributed by atoms with E-state index in [-0.39, 0.29) is 5.91 Å². The topological polar surface area (TPSA) is 48.5 Å². The highest BCUT2D eigenvalue weighted by atomic mass is 35.5. The molecule has 1 amide bonds. The van der Waals surface area contributed by atoms with Gasteiger partial charge in [-0.15, -0.1) is 11.3 Å². The maximum absolute atomic E-state index is 12.4. The summed E-state index contributed by atoms with van der Waals surface area (Å²) in [4.78, 5) is 21.5. The van der Waals surface area contributed by atoms with E-state index in [2.05, 4.69) is 26.2 Å². The quantitative estimate of drug-likeness (QED) is 0.641. The highest BCUT2D eigenvalue weighted by Crippen LogP contribution is 2.24. The Balaban J connectivity index is 1.24. The molecule has 1 saturated heterocycles. The van der Waals surface area contributed by atoms with Crippen LogP contribution in [0.25, 0.3) is 11.3 Å². The number of piperazine rings is 1. The number of anilines is 1. The summed E-state index contributed by atoms with van der Waals surface area (Å²) in [6.45, 7) is 4.82. The number of benzene rings is 2.